The average Bonchev–Trinajstić information content (AvgIpc) is 2.81. The van der Waals surface area contributed by atoms with E-state index in [1.54, 1.807) is 11.3 Å². The summed E-state index contributed by atoms with van der Waals surface area (Å²) >= 11 is 3.62. The lowest BCUT2D eigenvalue weighted by Gasteiger charge is -1.99. The van der Waals surface area contributed by atoms with Crippen LogP contribution in [0.3, 0.4) is 0 Å². The number of nitrogens with zero attached hydrogens (tertiary/aromatic N) is 1. The topological polar surface area (TPSA) is 12.9 Å². The van der Waals surface area contributed by atoms with Gasteiger partial charge < -0.3 is 0 Å². The van der Waals surface area contributed by atoms with Gasteiger partial charge in [-0.3, -0.25) is 4.98 Å². The monoisotopic (exact) mass is 257 g/mol. The Balaban J connectivity index is 1.82. The van der Waals surface area contributed by atoms with E-state index in [2.05, 4.69) is 46.8 Å². The summed E-state index contributed by atoms with van der Waals surface area (Å²) in [7, 11) is 0. The second kappa shape index (κ2) is 4.90. The first kappa shape index (κ1) is 10.8. The van der Waals surface area contributed by atoms with Crippen molar-refractivity contribution >= 4 is 33.3 Å². The Bertz CT molecular complexity index is 616. The third-order valence-electron chi connectivity index (χ3n) is 2.53. The molecule has 0 aliphatic carbocycles. The highest BCUT2D eigenvalue weighted by atomic mass is 32.2. The Hall–Kier alpha value is -1.32. The van der Waals surface area contributed by atoms with E-state index in [1.165, 1.54) is 15.2 Å². The molecular formula is C14H11NS2. The molecule has 0 aliphatic rings. The molecule has 0 saturated carbocycles. The molecule has 0 bridgehead atoms. The van der Waals surface area contributed by atoms with Crippen LogP contribution in [0.5, 0.6) is 0 Å². The number of benzene rings is 1. The zero-order chi connectivity index (χ0) is 11.5. The number of pyridine rings is 1. The fraction of sp³-hybridized carbons (Fsp3) is 0.0714. The lowest BCUT2D eigenvalue weighted by atomic mass is 10.2. The summed E-state index contributed by atoms with van der Waals surface area (Å²) < 4.78 is 1.27. The van der Waals surface area contributed by atoms with Gasteiger partial charge in [-0.2, -0.15) is 0 Å². The predicted molar refractivity (Wildman–Crippen MR) is 75.6 cm³/mol. The zero-order valence-corrected chi connectivity index (χ0v) is 10.8. The van der Waals surface area contributed by atoms with E-state index in [0.717, 1.165) is 11.3 Å². The quantitative estimate of drug-likeness (QED) is 0.637. The minimum atomic E-state index is 1.00. The van der Waals surface area contributed by atoms with Gasteiger partial charge in [0.05, 0.1) is 10.2 Å². The Kier molecular flexibility index (Phi) is 3.12. The molecule has 0 aliphatic heterocycles. The van der Waals surface area contributed by atoms with E-state index in [0.29, 0.717) is 0 Å². The summed E-state index contributed by atoms with van der Waals surface area (Å²) in [6, 6.07) is 14.7. The van der Waals surface area contributed by atoms with E-state index in [4.69, 9.17) is 0 Å². The standard InChI is InChI=1S/C14H11NS2/c1-2-5-11(6-3-1)9-16-13-10-17-12-7-4-8-15-14(12)13/h1-8,10H,9H2. The second-order valence-corrected chi connectivity index (χ2v) is 5.65. The minimum Gasteiger partial charge on any atom is -0.254 e. The van der Waals surface area contributed by atoms with Crippen LogP contribution in [0.4, 0.5) is 0 Å². The molecule has 0 amide bonds. The molecule has 84 valence electrons. The van der Waals surface area contributed by atoms with Gasteiger partial charge in [-0.25, -0.2) is 0 Å². The molecule has 3 aromatic rings. The summed E-state index contributed by atoms with van der Waals surface area (Å²) in [5.74, 6) is 1.00. The second-order valence-electron chi connectivity index (χ2n) is 3.72. The minimum absolute atomic E-state index is 1.00. The third kappa shape index (κ3) is 2.35. The molecule has 2 heterocycles. The summed E-state index contributed by atoms with van der Waals surface area (Å²) in [5.41, 5.74) is 2.49. The summed E-state index contributed by atoms with van der Waals surface area (Å²) in [5, 5.41) is 2.20. The lowest BCUT2D eigenvalue weighted by molar-refractivity contribution is 1.36. The van der Waals surface area contributed by atoms with Crippen LogP contribution >= 0.6 is 23.1 Å². The van der Waals surface area contributed by atoms with Gasteiger partial charge in [0.15, 0.2) is 0 Å². The van der Waals surface area contributed by atoms with Gasteiger partial charge in [-0.05, 0) is 17.7 Å². The fourth-order valence-corrected chi connectivity index (χ4v) is 3.75. The first-order valence-corrected chi connectivity index (χ1v) is 7.29. The third-order valence-corrected chi connectivity index (χ3v) is 4.72. The van der Waals surface area contributed by atoms with Crippen LogP contribution in [0.15, 0.2) is 58.9 Å². The number of thioether (sulfide) groups is 1. The van der Waals surface area contributed by atoms with Crippen LogP contribution in [-0.4, -0.2) is 4.98 Å². The Labute approximate surface area is 109 Å². The smallest absolute Gasteiger partial charge is 0.0945 e. The molecule has 0 unspecified atom stereocenters. The molecule has 3 rings (SSSR count). The lowest BCUT2D eigenvalue weighted by Crippen LogP contribution is -1.79. The van der Waals surface area contributed by atoms with Crippen molar-refractivity contribution in [3.05, 3.63) is 59.6 Å². The van der Waals surface area contributed by atoms with Crippen molar-refractivity contribution in [3.63, 3.8) is 0 Å². The summed E-state index contributed by atoms with van der Waals surface area (Å²) in [6.07, 6.45) is 1.86. The number of hydrogen-bond acceptors (Lipinski definition) is 3. The highest BCUT2D eigenvalue weighted by Crippen LogP contribution is 2.33. The largest absolute Gasteiger partial charge is 0.254 e. The highest BCUT2D eigenvalue weighted by molar-refractivity contribution is 7.98. The maximum absolute atomic E-state index is 4.44. The Morgan fingerprint density at radius 1 is 1.06 bits per heavy atom. The van der Waals surface area contributed by atoms with Crippen LogP contribution < -0.4 is 0 Å². The van der Waals surface area contributed by atoms with Crippen LogP contribution in [0, 0.1) is 0 Å². The van der Waals surface area contributed by atoms with Gasteiger partial charge >= 0.3 is 0 Å². The van der Waals surface area contributed by atoms with Crippen molar-refractivity contribution in [3.8, 4) is 0 Å². The van der Waals surface area contributed by atoms with Crippen LogP contribution in [0.25, 0.3) is 10.2 Å². The van der Waals surface area contributed by atoms with E-state index < -0.39 is 0 Å². The van der Waals surface area contributed by atoms with Crippen molar-refractivity contribution < 1.29 is 0 Å². The molecule has 3 heteroatoms. The van der Waals surface area contributed by atoms with Crippen molar-refractivity contribution in [1.82, 2.24) is 4.98 Å². The number of aromatic nitrogens is 1. The van der Waals surface area contributed by atoms with Gasteiger partial charge in [-0.1, -0.05) is 30.3 Å². The molecule has 0 spiro atoms. The SMILES string of the molecule is c1ccc(CSc2csc3cccnc23)cc1. The van der Waals surface area contributed by atoms with Gasteiger partial charge in [0.1, 0.15) is 0 Å². The maximum atomic E-state index is 4.44. The average molecular weight is 257 g/mol. The number of fused-ring (bicyclic) bond motifs is 1. The van der Waals surface area contributed by atoms with Crippen molar-refractivity contribution in [2.24, 2.45) is 0 Å². The molecule has 0 saturated heterocycles. The number of thiophene rings is 1. The van der Waals surface area contributed by atoms with E-state index >= 15 is 0 Å². The fourth-order valence-electron chi connectivity index (χ4n) is 1.68. The zero-order valence-electron chi connectivity index (χ0n) is 9.17. The number of rotatable bonds is 3. The normalized spacial score (nSPS) is 10.8. The van der Waals surface area contributed by atoms with Gasteiger partial charge in [0.2, 0.25) is 0 Å². The maximum Gasteiger partial charge on any atom is 0.0945 e. The molecule has 1 aromatic carbocycles. The molecule has 2 aromatic heterocycles. The first-order chi connectivity index (χ1) is 8.43. The van der Waals surface area contributed by atoms with Crippen molar-refractivity contribution in [1.29, 1.82) is 0 Å². The summed E-state index contributed by atoms with van der Waals surface area (Å²) in [6.45, 7) is 0. The first-order valence-electron chi connectivity index (χ1n) is 5.42. The predicted octanol–water partition coefficient (Wildman–Crippen LogP) is 4.59. The molecule has 17 heavy (non-hydrogen) atoms. The highest BCUT2D eigenvalue weighted by Gasteiger charge is 2.05. The van der Waals surface area contributed by atoms with E-state index in [1.807, 2.05) is 24.0 Å². The Morgan fingerprint density at radius 3 is 2.82 bits per heavy atom. The molecule has 0 N–H and O–H groups in total. The molecule has 0 radical (unpaired) electrons. The van der Waals surface area contributed by atoms with Crippen molar-refractivity contribution in [2.45, 2.75) is 10.6 Å². The van der Waals surface area contributed by atoms with Crippen LogP contribution in [0.1, 0.15) is 5.56 Å². The molecule has 1 nitrogen and oxygen atoms in total. The van der Waals surface area contributed by atoms with Crippen LogP contribution in [-0.2, 0) is 5.75 Å². The van der Waals surface area contributed by atoms with Gasteiger partial charge in [0.25, 0.3) is 0 Å². The van der Waals surface area contributed by atoms with Crippen LogP contribution in [0.2, 0.25) is 0 Å². The van der Waals surface area contributed by atoms with Gasteiger partial charge in [-0.15, -0.1) is 23.1 Å². The van der Waals surface area contributed by atoms with Crippen molar-refractivity contribution in [2.75, 3.05) is 0 Å². The summed E-state index contributed by atoms with van der Waals surface area (Å²) in [4.78, 5) is 5.73. The van der Waals surface area contributed by atoms with Gasteiger partial charge in [0, 0.05) is 22.2 Å². The molecule has 0 fully saturated rings. The molecular weight excluding hydrogens is 246 g/mol. The van der Waals surface area contributed by atoms with E-state index in [-0.39, 0.29) is 0 Å². The number of hydrogen-bond donors (Lipinski definition) is 0. The Morgan fingerprint density at radius 2 is 1.94 bits per heavy atom. The van der Waals surface area contributed by atoms with E-state index in [9.17, 15) is 0 Å². The molecule has 0 atom stereocenters.